The van der Waals surface area contributed by atoms with Gasteiger partial charge in [-0.1, -0.05) is 32.6 Å². The molecule has 0 amide bonds. The first kappa shape index (κ1) is 15.3. The van der Waals surface area contributed by atoms with Crippen molar-refractivity contribution < 1.29 is 9.84 Å². The molecule has 1 aromatic heterocycles. The summed E-state index contributed by atoms with van der Waals surface area (Å²) in [6.07, 6.45) is 7.39. The maximum atomic E-state index is 9.99. The lowest BCUT2D eigenvalue weighted by Gasteiger charge is -2.16. The van der Waals surface area contributed by atoms with E-state index in [0.717, 1.165) is 31.0 Å². The number of nitrogens with zero attached hydrogens (tertiary/aromatic N) is 1. The number of aliphatic hydroxyl groups excluding tert-OH is 1. The van der Waals surface area contributed by atoms with Crippen molar-refractivity contribution in [3.8, 4) is 5.75 Å². The Kier molecular flexibility index (Phi) is 6.27. The fourth-order valence-corrected chi connectivity index (χ4v) is 2.75. The molecular formula is C16H26N2O2. The highest BCUT2D eigenvalue weighted by Crippen LogP contribution is 2.28. The quantitative estimate of drug-likeness (QED) is 0.767. The predicted molar refractivity (Wildman–Crippen MR) is 79.7 cm³/mol. The maximum Gasteiger partial charge on any atom is 0.137 e. The third-order valence-electron chi connectivity index (χ3n) is 3.88. The first-order valence-electron chi connectivity index (χ1n) is 7.74. The van der Waals surface area contributed by atoms with Gasteiger partial charge in [0.05, 0.1) is 18.0 Å². The lowest BCUT2D eigenvalue weighted by atomic mass is 10.0. The molecule has 1 aromatic rings. The highest BCUT2D eigenvalue weighted by Gasteiger charge is 2.19. The Bertz CT molecular complexity index is 375. The van der Waals surface area contributed by atoms with E-state index in [1.54, 1.807) is 6.20 Å². The monoisotopic (exact) mass is 278 g/mol. The number of rotatable bonds is 8. The zero-order valence-corrected chi connectivity index (χ0v) is 12.3. The van der Waals surface area contributed by atoms with E-state index in [1.807, 2.05) is 12.1 Å². The zero-order valence-electron chi connectivity index (χ0n) is 12.3. The number of hydrogen-bond donors (Lipinski definition) is 2. The molecule has 1 aliphatic rings. The number of nitrogens with one attached hydrogen (secondary N) is 1. The normalized spacial score (nSPS) is 17.3. The second kappa shape index (κ2) is 8.22. The summed E-state index contributed by atoms with van der Waals surface area (Å²) in [6, 6.07) is 3.88. The molecule has 1 saturated carbocycles. The summed E-state index contributed by atoms with van der Waals surface area (Å²) in [5, 5.41) is 13.2. The van der Waals surface area contributed by atoms with Gasteiger partial charge in [0.15, 0.2) is 0 Å². The van der Waals surface area contributed by atoms with Crippen LogP contribution in [0.1, 0.15) is 44.7 Å². The summed E-state index contributed by atoms with van der Waals surface area (Å²) in [4.78, 5) is 4.33. The first-order chi connectivity index (χ1) is 9.78. The van der Waals surface area contributed by atoms with E-state index < -0.39 is 0 Å². The van der Waals surface area contributed by atoms with Crippen LogP contribution in [0.5, 0.6) is 5.75 Å². The molecule has 0 radical (unpaired) electrons. The Morgan fingerprint density at radius 1 is 1.40 bits per heavy atom. The Hall–Kier alpha value is -1.13. The molecule has 112 valence electrons. The fraction of sp³-hybridized carbons (Fsp3) is 0.688. The van der Waals surface area contributed by atoms with Crippen LogP contribution in [0.3, 0.4) is 0 Å². The summed E-state index contributed by atoms with van der Waals surface area (Å²) in [5.74, 6) is 1.42. The van der Waals surface area contributed by atoms with Crippen molar-refractivity contribution in [3.63, 3.8) is 0 Å². The van der Waals surface area contributed by atoms with Crippen molar-refractivity contribution in [2.45, 2.75) is 51.7 Å². The zero-order chi connectivity index (χ0) is 14.2. The van der Waals surface area contributed by atoms with E-state index >= 15 is 0 Å². The fourth-order valence-electron chi connectivity index (χ4n) is 2.75. The van der Waals surface area contributed by atoms with Crippen LogP contribution in [0, 0.1) is 5.92 Å². The van der Waals surface area contributed by atoms with Crippen LogP contribution in [0.4, 0.5) is 0 Å². The molecule has 1 aliphatic carbocycles. The van der Waals surface area contributed by atoms with Gasteiger partial charge in [0.25, 0.3) is 0 Å². The summed E-state index contributed by atoms with van der Waals surface area (Å²) >= 11 is 0. The second-order valence-electron chi connectivity index (χ2n) is 5.62. The van der Waals surface area contributed by atoms with Crippen molar-refractivity contribution in [1.82, 2.24) is 10.3 Å². The molecule has 2 N–H and O–H groups in total. The van der Waals surface area contributed by atoms with Crippen molar-refractivity contribution in [2.75, 3.05) is 13.2 Å². The molecule has 1 heterocycles. The van der Waals surface area contributed by atoms with Gasteiger partial charge in [0.2, 0.25) is 0 Å². The van der Waals surface area contributed by atoms with Crippen LogP contribution in [0.2, 0.25) is 0 Å². The molecular weight excluding hydrogens is 252 g/mol. The molecule has 1 fully saturated rings. The summed E-state index contributed by atoms with van der Waals surface area (Å²) in [5.41, 5.74) is 1.01. The van der Waals surface area contributed by atoms with Gasteiger partial charge in [-0.2, -0.15) is 0 Å². The molecule has 1 unspecified atom stereocenters. The number of aromatic nitrogens is 1. The van der Waals surface area contributed by atoms with Crippen molar-refractivity contribution in [3.05, 3.63) is 24.0 Å². The van der Waals surface area contributed by atoms with E-state index in [4.69, 9.17) is 4.74 Å². The summed E-state index contributed by atoms with van der Waals surface area (Å²) in [7, 11) is 0. The van der Waals surface area contributed by atoms with Gasteiger partial charge < -0.3 is 15.2 Å². The highest BCUT2D eigenvalue weighted by molar-refractivity contribution is 5.19. The predicted octanol–water partition coefficient (Wildman–Crippen LogP) is 2.51. The topological polar surface area (TPSA) is 54.4 Å². The molecule has 0 aliphatic heterocycles. The lowest BCUT2D eigenvalue weighted by molar-refractivity contribution is 0.0853. The van der Waals surface area contributed by atoms with E-state index in [9.17, 15) is 5.11 Å². The third-order valence-corrected chi connectivity index (χ3v) is 3.88. The SMILES string of the molecule is CCNCc1ccc(OCC(O)CC2CCCC2)cn1. The molecule has 20 heavy (non-hydrogen) atoms. The van der Waals surface area contributed by atoms with Crippen LogP contribution in [0.25, 0.3) is 0 Å². The third kappa shape index (κ3) is 5.10. The molecule has 4 nitrogen and oxygen atoms in total. The molecule has 0 bridgehead atoms. The minimum absolute atomic E-state index is 0.362. The van der Waals surface area contributed by atoms with E-state index in [1.165, 1.54) is 25.7 Å². The maximum absolute atomic E-state index is 9.99. The average molecular weight is 278 g/mol. The van der Waals surface area contributed by atoms with Crippen LogP contribution in [-0.4, -0.2) is 29.3 Å². The van der Waals surface area contributed by atoms with Crippen molar-refractivity contribution in [2.24, 2.45) is 5.92 Å². The minimum Gasteiger partial charge on any atom is -0.489 e. The van der Waals surface area contributed by atoms with Crippen LogP contribution in [-0.2, 0) is 6.54 Å². The molecule has 0 saturated heterocycles. The number of ether oxygens (including phenoxy) is 1. The van der Waals surface area contributed by atoms with Crippen LogP contribution >= 0.6 is 0 Å². The first-order valence-corrected chi connectivity index (χ1v) is 7.74. The standard InChI is InChI=1S/C16H26N2O2/c1-2-17-10-14-7-8-16(11-18-14)20-12-15(19)9-13-5-3-4-6-13/h7-8,11,13,15,17,19H,2-6,9-10,12H2,1H3. The molecule has 0 aromatic carbocycles. The van der Waals surface area contributed by atoms with Crippen LogP contribution in [0.15, 0.2) is 18.3 Å². The van der Waals surface area contributed by atoms with Gasteiger partial charge in [-0.15, -0.1) is 0 Å². The van der Waals surface area contributed by atoms with E-state index in [2.05, 4.69) is 17.2 Å². The van der Waals surface area contributed by atoms with Crippen LogP contribution < -0.4 is 10.1 Å². The summed E-state index contributed by atoms with van der Waals surface area (Å²) in [6.45, 7) is 4.16. The number of hydrogen-bond acceptors (Lipinski definition) is 4. The van der Waals surface area contributed by atoms with E-state index in [0.29, 0.717) is 12.5 Å². The molecule has 1 atom stereocenters. The Morgan fingerprint density at radius 3 is 2.85 bits per heavy atom. The van der Waals surface area contributed by atoms with Gasteiger partial charge in [-0.3, -0.25) is 4.98 Å². The van der Waals surface area contributed by atoms with E-state index in [-0.39, 0.29) is 6.10 Å². The molecule has 4 heteroatoms. The largest absolute Gasteiger partial charge is 0.489 e. The second-order valence-corrected chi connectivity index (χ2v) is 5.62. The average Bonchev–Trinajstić information content (AvgIpc) is 2.97. The van der Waals surface area contributed by atoms with Gasteiger partial charge in [0, 0.05) is 6.54 Å². The van der Waals surface area contributed by atoms with Gasteiger partial charge in [-0.05, 0) is 31.0 Å². The molecule has 0 spiro atoms. The van der Waals surface area contributed by atoms with Gasteiger partial charge in [-0.25, -0.2) is 0 Å². The lowest BCUT2D eigenvalue weighted by Crippen LogP contribution is -2.20. The van der Waals surface area contributed by atoms with Gasteiger partial charge in [0.1, 0.15) is 12.4 Å². The number of pyridine rings is 1. The Labute approximate surface area is 121 Å². The van der Waals surface area contributed by atoms with Crippen molar-refractivity contribution in [1.29, 1.82) is 0 Å². The minimum atomic E-state index is -0.362. The Morgan fingerprint density at radius 2 is 2.20 bits per heavy atom. The Balaban J connectivity index is 1.69. The molecule has 2 rings (SSSR count). The number of aliphatic hydroxyl groups is 1. The summed E-state index contributed by atoms with van der Waals surface area (Å²) < 4.78 is 5.60. The van der Waals surface area contributed by atoms with Gasteiger partial charge >= 0.3 is 0 Å². The van der Waals surface area contributed by atoms with Crippen molar-refractivity contribution >= 4 is 0 Å². The smallest absolute Gasteiger partial charge is 0.137 e. The highest BCUT2D eigenvalue weighted by atomic mass is 16.5.